The Morgan fingerprint density at radius 3 is 2.65 bits per heavy atom. The van der Waals surface area contributed by atoms with Crippen molar-refractivity contribution in [2.45, 2.75) is 26.8 Å². The van der Waals surface area contributed by atoms with Gasteiger partial charge in [-0.1, -0.05) is 6.07 Å². The van der Waals surface area contributed by atoms with E-state index in [0.717, 1.165) is 16.9 Å². The highest BCUT2D eigenvalue weighted by Crippen LogP contribution is 2.19. The summed E-state index contributed by atoms with van der Waals surface area (Å²) < 4.78 is 0. The van der Waals surface area contributed by atoms with Gasteiger partial charge in [-0.05, 0) is 38.5 Å². The van der Waals surface area contributed by atoms with Gasteiger partial charge in [-0.25, -0.2) is 0 Å². The van der Waals surface area contributed by atoms with Crippen LogP contribution in [0.25, 0.3) is 0 Å². The van der Waals surface area contributed by atoms with Crippen molar-refractivity contribution in [1.82, 2.24) is 5.32 Å². The predicted molar refractivity (Wildman–Crippen MR) is 72.1 cm³/mol. The number of nitrogens with two attached hydrogens (primary N) is 1. The van der Waals surface area contributed by atoms with Crippen LogP contribution in [0.2, 0.25) is 0 Å². The molecule has 0 saturated heterocycles. The van der Waals surface area contributed by atoms with Crippen molar-refractivity contribution in [2.75, 3.05) is 24.2 Å². The van der Waals surface area contributed by atoms with Gasteiger partial charge >= 0.3 is 0 Å². The van der Waals surface area contributed by atoms with Crippen LogP contribution in [0.4, 0.5) is 11.4 Å². The number of benzene rings is 1. The van der Waals surface area contributed by atoms with Crippen LogP contribution in [-0.4, -0.2) is 25.5 Å². The largest absolute Gasteiger partial charge is 0.398 e. The van der Waals surface area contributed by atoms with Crippen LogP contribution in [0.3, 0.4) is 0 Å². The number of amides is 1. The third-order valence-corrected chi connectivity index (χ3v) is 2.53. The average molecular weight is 235 g/mol. The number of hydrogen-bond acceptors (Lipinski definition) is 3. The molecular weight excluding hydrogens is 214 g/mol. The first-order valence-electron chi connectivity index (χ1n) is 5.76. The minimum Gasteiger partial charge on any atom is -0.398 e. The van der Waals surface area contributed by atoms with Gasteiger partial charge in [-0.3, -0.25) is 4.79 Å². The molecule has 0 fully saturated rings. The molecule has 3 N–H and O–H groups in total. The molecule has 0 aliphatic carbocycles. The summed E-state index contributed by atoms with van der Waals surface area (Å²) in [5.41, 5.74) is 8.59. The molecule has 0 aromatic heterocycles. The Hall–Kier alpha value is -1.71. The second-order valence-electron chi connectivity index (χ2n) is 4.62. The highest BCUT2D eigenvalue weighted by Gasteiger charge is 2.08. The first-order valence-corrected chi connectivity index (χ1v) is 5.76. The molecule has 4 heteroatoms. The van der Waals surface area contributed by atoms with Gasteiger partial charge < -0.3 is 16.0 Å². The summed E-state index contributed by atoms with van der Waals surface area (Å²) in [6.45, 7) is 6.19. The van der Waals surface area contributed by atoms with Crippen LogP contribution in [0, 0.1) is 6.92 Å². The lowest BCUT2D eigenvalue weighted by molar-refractivity contribution is -0.120. The summed E-state index contributed by atoms with van der Waals surface area (Å²) in [5, 5.41) is 2.86. The standard InChI is InChI=1S/C13H21N3O/c1-9(2)15-13(17)8-16(4)11-6-5-10(3)12(14)7-11/h5-7,9H,8,14H2,1-4H3,(H,15,17). The Morgan fingerprint density at radius 1 is 1.47 bits per heavy atom. The maximum atomic E-state index is 11.6. The van der Waals surface area contributed by atoms with E-state index in [2.05, 4.69) is 5.32 Å². The van der Waals surface area contributed by atoms with Gasteiger partial charge in [-0.15, -0.1) is 0 Å². The Balaban J connectivity index is 2.66. The van der Waals surface area contributed by atoms with Crippen LogP contribution in [-0.2, 0) is 4.79 Å². The van der Waals surface area contributed by atoms with Gasteiger partial charge in [0.25, 0.3) is 0 Å². The predicted octanol–water partition coefficient (Wildman–Crippen LogP) is 1.54. The fourth-order valence-electron chi connectivity index (χ4n) is 1.54. The lowest BCUT2D eigenvalue weighted by atomic mass is 10.2. The zero-order valence-corrected chi connectivity index (χ0v) is 10.9. The van der Waals surface area contributed by atoms with E-state index in [1.165, 1.54) is 0 Å². The van der Waals surface area contributed by atoms with E-state index in [1.807, 2.05) is 50.9 Å². The van der Waals surface area contributed by atoms with Crippen LogP contribution in [0.15, 0.2) is 18.2 Å². The van der Waals surface area contributed by atoms with E-state index in [0.29, 0.717) is 6.54 Å². The molecule has 0 bridgehead atoms. The number of rotatable bonds is 4. The molecule has 1 aromatic rings. The molecule has 1 rings (SSSR count). The highest BCUT2D eigenvalue weighted by molar-refractivity contribution is 5.81. The Morgan fingerprint density at radius 2 is 2.12 bits per heavy atom. The molecule has 17 heavy (non-hydrogen) atoms. The molecular formula is C13H21N3O. The molecule has 1 amide bonds. The molecule has 0 aliphatic heterocycles. The van der Waals surface area contributed by atoms with Crippen molar-refractivity contribution in [1.29, 1.82) is 0 Å². The summed E-state index contributed by atoms with van der Waals surface area (Å²) >= 11 is 0. The zero-order valence-electron chi connectivity index (χ0n) is 10.9. The second kappa shape index (κ2) is 5.57. The summed E-state index contributed by atoms with van der Waals surface area (Å²) in [7, 11) is 1.88. The van der Waals surface area contributed by atoms with E-state index >= 15 is 0 Å². The van der Waals surface area contributed by atoms with Gasteiger partial charge in [0.15, 0.2) is 0 Å². The average Bonchev–Trinajstić information content (AvgIpc) is 2.20. The molecule has 0 heterocycles. The number of aryl methyl sites for hydroxylation is 1. The van der Waals surface area contributed by atoms with Gasteiger partial charge in [0, 0.05) is 24.5 Å². The van der Waals surface area contributed by atoms with E-state index in [4.69, 9.17) is 5.73 Å². The van der Waals surface area contributed by atoms with E-state index in [9.17, 15) is 4.79 Å². The monoisotopic (exact) mass is 235 g/mol. The van der Waals surface area contributed by atoms with E-state index < -0.39 is 0 Å². The lowest BCUT2D eigenvalue weighted by Gasteiger charge is -2.20. The highest BCUT2D eigenvalue weighted by atomic mass is 16.2. The van der Waals surface area contributed by atoms with Gasteiger partial charge in [-0.2, -0.15) is 0 Å². The second-order valence-corrected chi connectivity index (χ2v) is 4.62. The number of carbonyl (C=O) groups is 1. The third-order valence-electron chi connectivity index (χ3n) is 2.53. The quantitative estimate of drug-likeness (QED) is 0.778. The molecule has 0 radical (unpaired) electrons. The van der Waals surface area contributed by atoms with Crippen LogP contribution in [0.5, 0.6) is 0 Å². The third kappa shape index (κ3) is 3.98. The molecule has 1 aromatic carbocycles. The zero-order chi connectivity index (χ0) is 13.0. The Bertz CT molecular complexity index is 402. The van der Waals surface area contributed by atoms with Crippen LogP contribution < -0.4 is 16.0 Å². The number of anilines is 2. The van der Waals surface area contributed by atoms with Crippen LogP contribution in [0.1, 0.15) is 19.4 Å². The summed E-state index contributed by atoms with van der Waals surface area (Å²) in [6.07, 6.45) is 0. The topological polar surface area (TPSA) is 58.4 Å². The number of likely N-dealkylation sites (N-methyl/N-ethyl adjacent to an activating group) is 1. The lowest BCUT2D eigenvalue weighted by Crippen LogP contribution is -2.38. The number of nitrogens with one attached hydrogen (secondary N) is 1. The first-order chi connectivity index (χ1) is 7.90. The summed E-state index contributed by atoms with van der Waals surface area (Å²) in [5.74, 6) is 0.0154. The van der Waals surface area contributed by atoms with Gasteiger partial charge in [0.2, 0.25) is 5.91 Å². The first kappa shape index (κ1) is 13.4. The van der Waals surface area contributed by atoms with Crippen molar-refractivity contribution in [3.8, 4) is 0 Å². The fourth-order valence-corrected chi connectivity index (χ4v) is 1.54. The molecule has 0 unspecified atom stereocenters. The Kier molecular flexibility index (Phi) is 4.37. The van der Waals surface area contributed by atoms with Crippen molar-refractivity contribution in [2.24, 2.45) is 0 Å². The maximum absolute atomic E-state index is 11.6. The number of hydrogen-bond donors (Lipinski definition) is 2. The van der Waals surface area contributed by atoms with Crippen molar-refractivity contribution >= 4 is 17.3 Å². The molecule has 4 nitrogen and oxygen atoms in total. The van der Waals surface area contributed by atoms with Crippen LogP contribution >= 0.6 is 0 Å². The number of nitrogen functional groups attached to an aromatic ring is 1. The normalized spacial score (nSPS) is 10.4. The van der Waals surface area contributed by atoms with Gasteiger partial charge in [0.1, 0.15) is 0 Å². The molecule has 0 atom stereocenters. The van der Waals surface area contributed by atoms with Crippen molar-refractivity contribution in [3.63, 3.8) is 0 Å². The molecule has 0 spiro atoms. The minimum absolute atomic E-state index is 0.0154. The van der Waals surface area contributed by atoms with Crippen molar-refractivity contribution < 1.29 is 4.79 Å². The van der Waals surface area contributed by atoms with E-state index in [-0.39, 0.29) is 11.9 Å². The number of carbonyl (C=O) groups excluding carboxylic acids is 1. The Labute approximate surface area is 103 Å². The maximum Gasteiger partial charge on any atom is 0.239 e. The number of nitrogens with zero attached hydrogens (tertiary/aromatic N) is 1. The molecule has 94 valence electrons. The SMILES string of the molecule is Cc1ccc(N(C)CC(=O)NC(C)C)cc1N. The molecule has 0 aliphatic rings. The van der Waals surface area contributed by atoms with Gasteiger partial charge in [0.05, 0.1) is 6.54 Å². The summed E-state index contributed by atoms with van der Waals surface area (Å²) in [6, 6.07) is 5.98. The minimum atomic E-state index is 0.0154. The fraction of sp³-hybridized carbons (Fsp3) is 0.462. The van der Waals surface area contributed by atoms with Crippen molar-refractivity contribution in [3.05, 3.63) is 23.8 Å². The smallest absolute Gasteiger partial charge is 0.239 e. The van der Waals surface area contributed by atoms with E-state index in [1.54, 1.807) is 0 Å². The summed E-state index contributed by atoms with van der Waals surface area (Å²) in [4.78, 5) is 13.5. The molecule has 0 saturated carbocycles.